The summed E-state index contributed by atoms with van der Waals surface area (Å²) >= 11 is 0. The van der Waals surface area contributed by atoms with Crippen LogP contribution in [-0.4, -0.2) is 68.8 Å². The Kier molecular flexibility index (Phi) is 26.1. The monoisotopic (exact) mass is 594 g/mol. The summed E-state index contributed by atoms with van der Waals surface area (Å²) in [5.74, 6) is 1.91. The van der Waals surface area contributed by atoms with Gasteiger partial charge in [0.05, 0.1) is 0 Å². The second-order valence-electron chi connectivity index (χ2n) is 7.74. The van der Waals surface area contributed by atoms with Crippen molar-refractivity contribution in [2.45, 2.75) is 92.2 Å². The Bertz CT molecular complexity index is 363. The van der Waals surface area contributed by atoms with Gasteiger partial charge >= 0.3 is 17.6 Å². The molecule has 0 bridgehead atoms. The van der Waals surface area contributed by atoms with Crippen LogP contribution in [0.25, 0.3) is 0 Å². The smallest absolute Gasteiger partial charge is 0.373 e. The van der Waals surface area contributed by atoms with E-state index in [0.29, 0.717) is 39.6 Å². The molecule has 0 unspecified atom stereocenters. The van der Waals surface area contributed by atoms with E-state index in [0.717, 1.165) is 62.1 Å². The topological polar surface area (TPSA) is 55.4 Å². The fourth-order valence-electron chi connectivity index (χ4n) is 2.67. The molecule has 0 aromatic heterocycles. The highest BCUT2D eigenvalue weighted by atomic mass is 33.7. The lowest BCUT2D eigenvalue weighted by Crippen LogP contribution is -2.47. The van der Waals surface area contributed by atoms with Crippen LogP contribution in [0, 0.1) is 0 Å². The third-order valence-electron chi connectivity index (χ3n) is 4.26. The highest BCUT2D eigenvalue weighted by Crippen LogP contribution is 2.44. The largest absolute Gasteiger partial charge is 0.501 e. The third-order valence-corrected chi connectivity index (χ3v) is 17.0. The number of hydrogen-bond acceptors (Lipinski definition) is 10. The summed E-state index contributed by atoms with van der Waals surface area (Å²) in [5, 5.41) is 0. The molecular formula is C22H50O6S4Si2. The maximum atomic E-state index is 6.18. The van der Waals surface area contributed by atoms with Crippen LogP contribution in [0.5, 0.6) is 0 Å². The van der Waals surface area contributed by atoms with Gasteiger partial charge in [-0.1, -0.05) is 63.1 Å². The molecule has 0 aromatic carbocycles. The van der Waals surface area contributed by atoms with Crippen LogP contribution in [-0.2, 0) is 26.6 Å². The fourth-order valence-corrected chi connectivity index (χ4v) is 16.2. The quantitative estimate of drug-likeness (QED) is 0.0529. The van der Waals surface area contributed by atoms with Gasteiger partial charge in [0.1, 0.15) is 0 Å². The van der Waals surface area contributed by atoms with Crippen molar-refractivity contribution < 1.29 is 26.6 Å². The summed E-state index contributed by atoms with van der Waals surface area (Å²) in [6.45, 7) is 17.0. The Morgan fingerprint density at radius 2 is 0.647 bits per heavy atom. The molecule has 0 aliphatic carbocycles. The Labute approximate surface area is 227 Å². The Morgan fingerprint density at radius 3 is 0.853 bits per heavy atom. The molecule has 6 nitrogen and oxygen atoms in total. The Balaban J connectivity index is 4.49. The zero-order valence-electron chi connectivity index (χ0n) is 22.4. The van der Waals surface area contributed by atoms with Crippen molar-refractivity contribution in [3.8, 4) is 0 Å². The molecule has 34 heavy (non-hydrogen) atoms. The molecule has 0 aromatic rings. The molecule has 0 heterocycles. The molecule has 0 radical (unpaired) electrons. The molecular weight excluding hydrogens is 545 g/mol. The molecule has 0 fully saturated rings. The van der Waals surface area contributed by atoms with Crippen molar-refractivity contribution in [3.63, 3.8) is 0 Å². The van der Waals surface area contributed by atoms with Crippen LogP contribution in [0.15, 0.2) is 0 Å². The first-order valence-corrected chi connectivity index (χ1v) is 22.0. The van der Waals surface area contributed by atoms with Gasteiger partial charge in [-0.25, -0.2) is 0 Å². The Hall–Kier alpha value is 1.59. The molecule has 0 spiro atoms. The van der Waals surface area contributed by atoms with E-state index in [4.69, 9.17) is 26.6 Å². The number of rotatable bonds is 27. The predicted molar refractivity (Wildman–Crippen MR) is 159 cm³/mol. The fraction of sp³-hybridized carbons (Fsp3) is 1.00. The summed E-state index contributed by atoms with van der Waals surface area (Å²) < 4.78 is 37.1. The van der Waals surface area contributed by atoms with Crippen molar-refractivity contribution >= 4 is 58.8 Å². The average Bonchev–Trinajstić information content (AvgIpc) is 2.86. The van der Waals surface area contributed by atoms with Crippen molar-refractivity contribution in [2.24, 2.45) is 0 Å². The lowest BCUT2D eigenvalue weighted by Gasteiger charge is -2.29. The van der Waals surface area contributed by atoms with Gasteiger partial charge in [-0.2, -0.15) is 0 Å². The van der Waals surface area contributed by atoms with Gasteiger partial charge in [-0.15, -0.1) is 0 Å². The maximum Gasteiger partial charge on any atom is 0.501 e. The highest BCUT2D eigenvalue weighted by Gasteiger charge is 2.41. The van der Waals surface area contributed by atoms with E-state index in [1.807, 2.05) is 41.2 Å². The van der Waals surface area contributed by atoms with E-state index in [1.54, 1.807) is 0 Å². The highest BCUT2D eigenvalue weighted by molar-refractivity contribution is 9.26. The predicted octanol–water partition coefficient (Wildman–Crippen LogP) is 8.10. The minimum atomic E-state index is -2.59. The molecule has 0 rings (SSSR count). The zero-order chi connectivity index (χ0) is 25.4. The van der Waals surface area contributed by atoms with Gasteiger partial charge in [-0.05, 0) is 58.2 Å². The summed E-state index contributed by atoms with van der Waals surface area (Å²) in [6.07, 6.45) is 5.86. The van der Waals surface area contributed by atoms with Gasteiger partial charge in [0.2, 0.25) is 0 Å². The zero-order valence-corrected chi connectivity index (χ0v) is 27.7. The summed E-state index contributed by atoms with van der Waals surface area (Å²) in [5.41, 5.74) is 0. The maximum absolute atomic E-state index is 6.18. The van der Waals surface area contributed by atoms with Crippen LogP contribution in [0.1, 0.15) is 80.1 Å². The molecule has 0 saturated carbocycles. The van der Waals surface area contributed by atoms with Gasteiger partial charge in [-0.3, -0.25) is 0 Å². The van der Waals surface area contributed by atoms with E-state index < -0.39 is 17.6 Å². The second kappa shape index (κ2) is 24.9. The van der Waals surface area contributed by atoms with E-state index in [9.17, 15) is 0 Å². The van der Waals surface area contributed by atoms with Crippen molar-refractivity contribution in [2.75, 3.05) is 51.1 Å². The SMILES string of the molecule is CCCO[Si](CCSSSSCC[Si](OCCC)(OCCC)OCCC)(OCCC)OCCC. The average molecular weight is 595 g/mol. The van der Waals surface area contributed by atoms with Crippen molar-refractivity contribution in [3.05, 3.63) is 0 Å². The first-order valence-electron chi connectivity index (χ1n) is 13.0. The second-order valence-corrected chi connectivity index (χ2v) is 19.4. The summed E-state index contributed by atoms with van der Waals surface area (Å²) in [4.78, 5) is 0. The van der Waals surface area contributed by atoms with E-state index in [1.165, 1.54) is 0 Å². The summed E-state index contributed by atoms with van der Waals surface area (Å²) in [6, 6.07) is 1.71. The van der Waals surface area contributed by atoms with Gasteiger partial charge in [0.15, 0.2) is 0 Å². The van der Waals surface area contributed by atoms with Crippen molar-refractivity contribution in [1.29, 1.82) is 0 Å². The van der Waals surface area contributed by atoms with Crippen LogP contribution < -0.4 is 0 Å². The van der Waals surface area contributed by atoms with Crippen LogP contribution in [0.2, 0.25) is 12.1 Å². The molecule has 12 heteroatoms. The molecule has 0 saturated heterocycles. The van der Waals surface area contributed by atoms with Gasteiger partial charge in [0.25, 0.3) is 0 Å². The molecule has 0 aliphatic heterocycles. The van der Waals surface area contributed by atoms with E-state index >= 15 is 0 Å². The van der Waals surface area contributed by atoms with E-state index in [-0.39, 0.29) is 0 Å². The minimum absolute atomic E-state index is 0.702. The van der Waals surface area contributed by atoms with Gasteiger partial charge < -0.3 is 26.6 Å². The molecule has 0 aliphatic rings. The normalized spacial score (nSPS) is 12.5. The molecule has 0 N–H and O–H groups in total. The first kappa shape index (κ1) is 35.6. The lowest BCUT2D eigenvalue weighted by molar-refractivity contribution is 0.0601. The van der Waals surface area contributed by atoms with Crippen LogP contribution in [0.4, 0.5) is 0 Å². The van der Waals surface area contributed by atoms with Gasteiger partial charge in [0, 0.05) is 63.2 Å². The standard InChI is InChI=1S/C22H50O6S4Si2/c1-7-13-23-33(24-14-8-2,25-15-9-3)21-19-29-31-32-30-20-22-34(26-16-10-4,27-17-11-5)28-18-12-6/h7-22H2,1-6H3. The lowest BCUT2D eigenvalue weighted by atomic mass is 10.5. The molecule has 206 valence electrons. The van der Waals surface area contributed by atoms with Crippen LogP contribution >= 0.6 is 41.2 Å². The third kappa shape index (κ3) is 17.9. The molecule has 0 amide bonds. The Morgan fingerprint density at radius 1 is 0.412 bits per heavy atom. The first-order chi connectivity index (χ1) is 16.6. The van der Waals surface area contributed by atoms with Crippen molar-refractivity contribution in [1.82, 2.24) is 0 Å². The van der Waals surface area contributed by atoms with Crippen LogP contribution in [0.3, 0.4) is 0 Å². The minimum Gasteiger partial charge on any atom is -0.373 e. The van der Waals surface area contributed by atoms with E-state index in [2.05, 4.69) is 41.5 Å². The molecule has 0 atom stereocenters. The summed E-state index contributed by atoms with van der Waals surface area (Å²) in [7, 11) is 2.15. The number of hydrogen-bond donors (Lipinski definition) is 0.